The zero-order valence-corrected chi connectivity index (χ0v) is 9.71. The number of ether oxygens (including phenoxy) is 1. The Hall–Kier alpha value is -1.02. The van der Waals surface area contributed by atoms with Crippen LogP contribution in [0.15, 0.2) is 18.2 Å². The highest BCUT2D eigenvalue weighted by molar-refractivity contribution is 5.35. The molecular weight excluding hydrogens is 186 g/mol. The van der Waals surface area contributed by atoms with Gasteiger partial charge in [0.15, 0.2) is 0 Å². The molecule has 1 saturated heterocycles. The average Bonchev–Trinajstić information content (AvgIpc) is 2.64. The first kappa shape index (κ1) is 10.5. The molecule has 15 heavy (non-hydrogen) atoms. The van der Waals surface area contributed by atoms with Gasteiger partial charge in [-0.05, 0) is 49.1 Å². The van der Waals surface area contributed by atoms with E-state index in [4.69, 9.17) is 4.74 Å². The molecule has 1 N–H and O–H groups in total. The molecule has 1 aliphatic heterocycles. The molecule has 0 amide bonds. The van der Waals surface area contributed by atoms with Crippen molar-refractivity contribution in [3.63, 3.8) is 0 Å². The zero-order chi connectivity index (χ0) is 10.8. The van der Waals surface area contributed by atoms with Crippen LogP contribution in [0, 0.1) is 12.8 Å². The van der Waals surface area contributed by atoms with Crippen LogP contribution in [-0.4, -0.2) is 13.7 Å². The third-order valence-electron chi connectivity index (χ3n) is 3.06. The van der Waals surface area contributed by atoms with Gasteiger partial charge in [-0.3, -0.25) is 0 Å². The Morgan fingerprint density at radius 3 is 2.73 bits per heavy atom. The molecule has 0 unspecified atom stereocenters. The SMILES string of the molecule is COc1cc(C)cc([C@H]2C[C@@H](C)CN2)c1. The number of rotatable bonds is 2. The summed E-state index contributed by atoms with van der Waals surface area (Å²) in [6.45, 7) is 5.53. The van der Waals surface area contributed by atoms with Gasteiger partial charge in [0, 0.05) is 6.04 Å². The van der Waals surface area contributed by atoms with E-state index in [0.717, 1.165) is 18.2 Å². The van der Waals surface area contributed by atoms with Crippen molar-refractivity contribution in [2.75, 3.05) is 13.7 Å². The first-order chi connectivity index (χ1) is 7.19. The zero-order valence-electron chi connectivity index (χ0n) is 9.71. The molecule has 0 aliphatic carbocycles. The topological polar surface area (TPSA) is 21.3 Å². The van der Waals surface area contributed by atoms with Crippen LogP contribution in [0.25, 0.3) is 0 Å². The largest absolute Gasteiger partial charge is 0.497 e. The van der Waals surface area contributed by atoms with E-state index in [0.29, 0.717) is 6.04 Å². The Morgan fingerprint density at radius 1 is 1.33 bits per heavy atom. The van der Waals surface area contributed by atoms with Gasteiger partial charge in [-0.25, -0.2) is 0 Å². The lowest BCUT2D eigenvalue weighted by Crippen LogP contribution is -2.13. The Kier molecular flexibility index (Phi) is 2.96. The van der Waals surface area contributed by atoms with Crippen LogP contribution in [-0.2, 0) is 0 Å². The first-order valence-electron chi connectivity index (χ1n) is 5.58. The fourth-order valence-electron chi connectivity index (χ4n) is 2.26. The lowest BCUT2D eigenvalue weighted by molar-refractivity contribution is 0.413. The van der Waals surface area contributed by atoms with Crippen molar-refractivity contribution in [3.05, 3.63) is 29.3 Å². The summed E-state index contributed by atoms with van der Waals surface area (Å²) in [6.07, 6.45) is 1.23. The Morgan fingerprint density at radius 2 is 2.13 bits per heavy atom. The van der Waals surface area contributed by atoms with Crippen LogP contribution < -0.4 is 10.1 Å². The maximum atomic E-state index is 5.29. The Balaban J connectivity index is 2.24. The van der Waals surface area contributed by atoms with Gasteiger partial charge in [0.25, 0.3) is 0 Å². The van der Waals surface area contributed by atoms with Crippen molar-refractivity contribution < 1.29 is 4.74 Å². The summed E-state index contributed by atoms with van der Waals surface area (Å²) in [6, 6.07) is 6.97. The molecule has 1 aromatic rings. The molecule has 1 fully saturated rings. The minimum absolute atomic E-state index is 0.508. The molecule has 0 spiro atoms. The maximum Gasteiger partial charge on any atom is 0.119 e. The predicted octanol–water partition coefficient (Wildman–Crippen LogP) is 2.67. The molecule has 1 heterocycles. The second kappa shape index (κ2) is 4.23. The van der Waals surface area contributed by atoms with Crippen molar-refractivity contribution in [1.82, 2.24) is 5.32 Å². The number of methoxy groups -OCH3 is 1. The standard InChI is InChI=1S/C13H19NO/c1-9-4-11(7-12(5-9)15-3)13-6-10(2)8-14-13/h4-5,7,10,13-14H,6,8H2,1-3H3/t10-,13-/m1/s1. The van der Waals surface area contributed by atoms with E-state index >= 15 is 0 Å². The Labute approximate surface area is 91.6 Å². The third-order valence-corrected chi connectivity index (χ3v) is 3.06. The predicted molar refractivity (Wildman–Crippen MR) is 62.3 cm³/mol. The first-order valence-corrected chi connectivity index (χ1v) is 5.58. The number of hydrogen-bond donors (Lipinski definition) is 1. The van der Waals surface area contributed by atoms with E-state index in [1.807, 2.05) is 0 Å². The van der Waals surface area contributed by atoms with Crippen molar-refractivity contribution >= 4 is 0 Å². The molecule has 82 valence electrons. The summed E-state index contributed by atoms with van der Waals surface area (Å²) >= 11 is 0. The van der Waals surface area contributed by atoms with Gasteiger partial charge >= 0.3 is 0 Å². The summed E-state index contributed by atoms with van der Waals surface area (Å²) < 4.78 is 5.29. The van der Waals surface area contributed by atoms with Gasteiger partial charge in [-0.2, -0.15) is 0 Å². The fraction of sp³-hybridized carbons (Fsp3) is 0.538. The molecule has 0 aromatic heterocycles. The number of benzene rings is 1. The average molecular weight is 205 g/mol. The van der Waals surface area contributed by atoms with Crippen LogP contribution in [0.5, 0.6) is 5.75 Å². The van der Waals surface area contributed by atoms with Crippen molar-refractivity contribution in [1.29, 1.82) is 0 Å². The molecule has 0 saturated carbocycles. The smallest absolute Gasteiger partial charge is 0.119 e. The summed E-state index contributed by atoms with van der Waals surface area (Å²) in [5.74, 6) is 1.74. The molecule has 2 heteroatoms. The van der Waals surface area contributed by atoms with Crippen molar-refractivity contribution in [2.24, 2.45) is 5.92 Å². The lowest BCUT2D eigenvalue weighted by Gasteiger charge is -2.13. The second-order valence-corrected chi connectivity index (χ2v) is 4.59. The summed E-state index contributed by atoms with van der Waals surface area (Å²) in [4.78, 5) is 0. The van der Waals surface area contributed by atoms with Gasteiger partial charge in [0.1, 0.15) is 5.75 Å². The van der Waals surface area contributed by atoms with E-state index in [1.54, 1.807) is 7.11 Å². The van der Waals surface area contributed by atoms with E-state index in [2.05, 4.69) is 37.4 Å². The van der Waals surface area contributed by atoms with E-state index in [1.165, 1.54) is 17.5 Å². The molecular formula is C13H19NO. The third kappa shape index (κ3) is 2.32. The maximum absolute atomic E-state index is 5.29. The van der Waals surface area contributed by atoms with Crippen molar-refractivity contribution in [2.45, 2.75) is 26.3 Å². The van der Waals surface area contributed by atoms with Crippen LogP contribution >= 0.6 is 0 Å². The molecule has 2 rings (SSSR count). The normalized spacial score (nSPS) is 25.5. The van der Waals surface area contributed by atoms with Gasteiger partial charge in [-0.1, -0.05) is 13.0 Å². The number of nitrogens with one attached hydrogen (secondary N) is 1. The number of aryl methyl sites for hydroxylation is 1. The molecule has 0 radical (unpaired) electrons. The lowest BCUT2D eigenvalue weighted by atomic mass is 9.99. The van der Waals surface area contributed by atoms with Gasteiger partial charge in [-0.15, -0.1) is 0 Å². The minimum atomic E-state index is 0.508. The van der Waals surface area contributed by atoms with Gasteiger partial charge < -0.3 is 10.1 Å². The Bertz CT molecular complexity index is 348. The molecule has 2 atom stereocenters. The summed E-state index contributed by atoms with van der Waals surface area (Å²) in [7, 11) is 1.73. The van der Waals surface area contributed by atoms with Crippen LogP contribution in [0.3, 0.4) is 0 Å². The highest BCUT2D eigenvalue weighted by Gasteiger charge is 2.22. The molecule has 0 bridgehead atoms. The van der Waals surface area contributed by atoms with Crippen LogP contribution in [0.1, 0.15) is 30.5 Å². The van der Waals surface area contributed by atoms with E-state index in [9.17, 15) is 0 Å². The quantitative estimate of drug-likeness (QED) is 0.801. The highest BCUT2D eigenvalue weighted by atomic mass is 16.5. The highest BCUT2D eigenvalue weighted by Crippen LogP contribution is 2.29. The fourth-order valence-corrected chi connectivity index (χ4v) is 2.26. The molecule has 1 aliphatic rings. The van der Waals surface area contributed by atoms with Gasteiger partial charge in [0.2, 0.25) is 0 Å². The number of hydrogen-bond acceptors (Lipinski definition) is 2. The van der Waals surface area contributed by atoms with E-state index < -0.39 is 0 Å². The van der Waals surface area contributed by atoms with Crippen LogP contribution in [0.2, 0.25) is 0 Å². The minimum Gasteiger partial charge on any atom is -0.497 e. The van der Waals surface area contributed by atoms with Crippen molar-refractivity contribution in [3.8, 4) is 5.75 Å². The van der Waals surface area contributed by atoms with Gasteiger partial charge in [0.05, 0.1) is 7.11 Å². The molecule has 1 aromatic carbocycles. The van der Waals surface area contributed by atoms with E-state index in [-0.39, 0.29) is 0 Å². The summed E-state index contributed by atoms with van der Waals surface area (Å²) in [5, 5.41) is 3.55. The molecule has 2 nitrogen and oxygen atoms in total. The second-order valence-electron chi connectivity index (χ2n) is 4.59. The monoisotopic (exact) mass is 205 g/mol. The summed E-state index contributed by atoms with van der Waals surface area (Å²) in [5.41, 5.74) is 2.63. The van der Waals surface area contributed by atoms with Crippen LogP contribution in [0.4, 0.5) is 0 Å².